The van der Waals surface area contributed by atoms with Crippen molar-refractivity contribution in [2.45, 2.75) is 25.3 Å². The van der Waals surface area contributed by atoms with E-state index in [0.717, 1.165) is 10.9 Å². The summed E-state index contributed by atoms with van der Waals surface area (Å²) in [4.78, 5) is 36.1. The molecule has 9 nitrogen and oxygen atoms in total. The number of para-hydroxylation sites is 1. The van der Waals surface area contributed by atoms with E-state index in [0.29, 0.717) is 28.9 Å². The number of aryl methyl sites for hydroxylation is 1. The summed E-state index contributed by atoms with van der Waals surface area (Å²) in [7, 11) is 1.74. The van der Waals surface area contributed by atoms with Crippen molar-refractivity contribution in [3.63, 3.8) is 0 Å². The summed E-state index contributed by atoms with van der Waals surface area (Å²) in [5.74, 6) is -0.984. The van der Waals surface area contributed by atoms with Crippen LogP contribution in [-0.2, 0) is 28.0 Å². The quantitative estimate of drug-likeness (QED) is 0.572. The van der Waals surface area contributed by atoms with Crippen LogP contribution in [0.5, 0.6) is 5.75 Å². The number of amides is 3. The van der Waals surface area contributed by atoms with Crippen LogP contribution in [0.15, 0.2) is 42.5 Å². The van der Waals surface area contributed by atoms with Gasteiger partial charge >= 0.3 is 0 Å². The van der Waals surface area contributed by atoms with Gasteiger partial charge in [-0.15, -0.1) is 0 Å². The Hall–Kier alpha value is -4.19. The predicted octanol–water partition coefficient (Wildman–Crippen LogP) is 1.66. The molecule has 0 radical (unpaired) electrons. The number of nitrogens with one attached hydrogen (secondary N) is 2. The van der Waals surface area contributed by atoms with Gasteiger partial charge < -0.3 is 10.1 Å². The molecule has 0 bridgehead atoms. The number of nitrogens with zero attached hydrogens (tertiary/aromatic N) is 3. The van der Waals surface area contributed by atoms with Crippen molar-refractivity contribution in [1.29, 1.82) is 5.26 Å². The number of fused-ring (bicyclic) bond motifs is 1. The molecule has 0 saturated carbocycles. The van der Waals surface area contributed by atoms with Gasteiger partial charge in [0.25, 0.3) is 5.91 Å². The van der Waals surface area contributed by atoms with Gasteiger partial charge in [-0.05, 0) is 30.2 Å². The molecule has 2 heterocycles. The molecule has 9 heteroatoms. The molecule has 1 fully saturated rings. The number of aromatic nitrogens is 2. The van der Waals surface area contributed by atoms with Crippen LogP contribution in [0.2, 0.25) is 0 Å². The maximum Gasteiger partial charge on any atom is 0.258 e. The first kappa shape index (κ1) is 21.1. The zero-order valence-corrected chi connectivity index (χ0v) is 17.4. The number of imide groups is 1. The fourth-order valence-corrected chi connectivity index (χ4v) is 3.80. The number of hydrogen-bond acceptors (Lipinski definition) is 6. The van der Waals surface area contributed by atoms with Crippen molar-refractivity contribution >= 4 is 28.6 Å². The van der Waals surface area contributed by atoms with Gasteiger partial charge in [-0.2, -0.15) is 10.4 Å². The summed E-state index contributed by atoms with van der Waals surface area (Å²) >= 11 is 0. The van der Waals surface area contributed by atoms with Crippen molar-refractivity contribution in [2.24, 2.45) is 7.05 Å². The third-order valence-electron chi connectivity index (χ3n) is 5.33. The summed E-state index contributed by atoms with van der Waals surface area (Å²) in [6, 6.07) is 14.4. The lowest BCUT2D eigenvalue weighted by molar-refractivity contribution is -0.134. The van der Waals surface area contributed by atoms with Crippen LogP contribution < -0.4 is 15.4 Å². The van der Waals surface area contributed by atoms with Crippen LogP contribution >= 0.6 is 0 Å². The van der Waals surface area contributed by atoms with Crippen LogP contribution in [0, 0.1) is 11.3 Å². The third kappa shape index (κ3) is 4.30. The van der Waals surface area contributed by atoms with E-state index in [1.54, 1.807) is 42.1 Å². The first-order valence-corrected chi connectivity index (χ1v) is 10.1. The molecule has 1 saturated heterocycles. The molecule has 1 aliphatic rings. The molecule has 1 unspecified atom stereocenters. The third-order valence-corrected chi connectivity index (χ3v) is 5.33. The molecule has 32 heavy (non-hydrogen) atoms. The first-order chi connectivity index (χ1) is 15.5. The second kappa shape index (κ2) is 8.89. The summed E-state index contributed by atoms with van der Waals surface area (Å²) in [5, 5.41) is 19.4. The van der Waals surface area contributed by atoms with Crippen LogP contribution in [0.3, 0.4) is 0 Å². The van der Waals surface area contributed by atoms with Gasteiger partial charge in [0.2, 0.25) is 11.8 Å². The fourth-order valence-electron chi connectivity index (χ4n) is 3.80. The minimum Gasteiger partial charge on any atom is -0.482 e. The topological polar surface area (TPSA) is 126 Å². The molecule has 1 atom stereocenters. The van der Waals surface area contributed by atoms with Crippen molar-refractivity contribution in [2.75, 3.05) is 6.61 Å². The molecule has 1 aromatic heterocycles. The SMILES string of the molecule is Cn1nc(C2CCC(=O)NC2=O)c2cccc(OCC(=O)NCc3cccc(C#N)c3)c21. The summed E-state index contributed by atoms with van der Waals surface area (Å²) in [6.45, 7) is 0.0866. The highest BCUT2D eigenvalue weighted by Gasteiger charge is 2.32. The van der Waals surface area contributed by atoms with Crippen molar-refractivity contribution in [3.05, 3.63) is 59.3 Å². The smallest absolute Gasteiger partial charge is 0.258 e. The highest BCUT2D eigenvalue weighted by molar-refractivity contribution is 6.03. The zero-order chi connectivity index (χ0) is 22.7. The molecular weight excluding hydrogens is 410 g/mol. The summed E-state index contributed by atoms with van der Waals surface area (Å²) in [6.07, 6.45) is 0.666. The molecule has 2 aromatic carbocycles. The number of hydrogen-bond donors (Lipinski definition) is 2. The number of rotatable bonds is 6. The van der Waals surface area contributed by atoms with Crippen molar-refractivity contribution < 1.29 is 19.1 Å². The van der Waals surface area contributed by atoms with Crippen LogP contribution in [0.4, 0.5) is 0 Å². The van der Waals surface area contributed by atoms with E-state index < -0.39 is 5.92 Å². The number of benzene rings is 2. The second-order valence-corrected chi connectivity index (χ2v) is 7.54. The average Bonchev–Trinajstić information content (AvgIpc) is 3.13. The summed E-state index contributed by atoms with van der Waals surface area (Å²) in [5.41, 5.74) is 2.60. The molecular formula is C23H21N5O4. The molecule has 3 aromatic rings. The van der Waals surface area contributed by atoms with Gasteiger partial charge in [-0.3, -0.25) is 24.4 Å². The second-order valence-electron chi connectivity index (χ2n) is 7.54. The lowest BCUT2D eigenvalue weighted by atomic mass is 9.93. The van der Waals surface area contributed by atoms with Crippen molar-refractivity contribution in [3.8, 4) is 11.8 Å². The summed E-state index contributed by atoms with van der Waals surface area (Å²) < 4.78 is 7.38. The Balaban J connectivity index is 1.46. The normalized spacial score (nSPS) is 15.8. The van der Waals surface area contributed by atoms with Gasteiger partial charge in [-0.1, -0.05) is 24.3 Å². The van der Waals surface area contributed by atoms with Gasteiger partial charge in [0, 0.05) is 25.4 Å². The van der Waals surface area contributed by atoms with E-state index in [4.69, 9.17) is 10.00 Å². The Morgan fingerprint density at radius 3 is 2.91 bits per heavy atom. The van der Waals surface area contributed by atoms with E-state index in [1.807, 2.05) is 12.1 Å². The highest BCUT2D eigenvalue weighted by Crippen LogP contribution is 2.34. The Morgan fingerprint density at radius 2 is 2.12 bits per heavy atom. The lowest BCUT2D eigenvalue weighted by Gasteiger charge is -2.19. The minimum atomic E-state index is -0.515. The van der Waals surface area contributed by atoms with E-state index in [-0.39, 0.29) is 37.3 Å². The van der Waals surface area contributed by atoms with Crippen LogP contribution in [-0.4, -0.2) is 34.1 Å². The van der Waals surface area contributed by atoms with Crippen LogP contribution in [0.25, 0.3) is 10.9 Å². The number of ether oxygens (including phenoxy) is 1. The van der Waals surface area contributed by atoms with Gasteiger partial charge in [0.1, 0.15) is 11.3 Å². The minimum absolute atomic E-state index is 0.198. The average molecular weight is 431 g/mol. The Morgan fingerprint density at radius 1 is 1.31 bits per heavy atom. The van der Waals surface area contributed by atoms with Crippen molar-refractivity contribution in [1.82, 2.24) is 20.4 Å². The first-order valence-electron chi connectivity index (χ1n) is 10.1. The number of carbonyl (C=O) groups excluding carboxylic acids is 3. The van der Waals surface area contributed by atoms with Gasteiger partial charge in [-0.25, -0.2) is 0 Å². The number of carbonyl (C=O) groups is 3. The maximum atomic E-state index is 12.3. The Labute approximate surface area is 184 Å². The van der Waals surface area contributed by atoms with Crippen LogP contribution in [0.1, 0.15) is 35.6 Å². The van der Waals surface area contributed by atoms with E-state index in [1.165, 1.54) is 0 Å². The zero-order valence-electron chi connectivity index (χ0n) is 17.4. The predicted molar refractivity (Wildman–Crippen MR) is 114 cm³/mol. The largest absolute Gasteiger partial charge is 0.482 e. The molecule has 4 rings (SSSR count). The molecule has 2 N–H and O–H groups in total. The molecule has 0 aliphatic carbocycles. The van der Waals surface area contributed by atoms with E-state index in [9.17, 15) is 14.4 Å². The molecule has 0 spiro atoms. The number of piperidine rings is 1. The molecule has 3 amide bonds. The van der Waals surface area contributed by atoms with E-state index >= 15 is 0 Å². The lowest BCUT2D eigenvalue weighted by Crippen LogP contribution is -2.39. The maximum absolute atomic E-state index is 12.3. The molecule has 162 valence electrons. The van der Waals surface area contributed by atoms with Gasteiger partial charge in [0.15, 0.2) is 6.61 Å². The van der Waals surface area contributed by atoms with E-state index in [2.05, 4.69) is 21.8 Å². The Kier molecular flexibility index (Phi) is 5.85. The van der Waals surface area contributed by atoms with Gasteiger partial charge in [0.05, 0.1) is 23.2 Å². The highest BCUT2D eigenvalue weighted by atomic mass is 16.5. The fraction of sp³-hybridized carbons (Fsp3) is 0.261. The number of nitriles is 1. The molecule has 1 aliphatic heterocycles. The monoisotopic (exact) mass is 431 g/mol. The Bertz CT molecular complexity index is 1260. The standard InChI is InChI=1S/C23H21N5O4/c1-28-22-16(21(27-28)17-8-9-19(29)26-23(17)31)6-3-7-18(22)32-13-20(30)25-12-15-5-2-4-14(10-15)11-24/h2-7,10,17H,8-9,12-13H2,1H3,(H,25,30)(H,26,29,31).